The molecule has 2 aromatic carbocycles. The fourth-order valence-electron chi connectivity index (χ4n) is 2.85. The molecular formula is C23H21N3O2. The molecule has 0 saturated carbocycles. The van der Waals surface area contributed by atoms with Crippen molar-refractivity contribution < 1.29 is 9.53 Å². The van der Waals surface area contributed by atoms with Gasteiger partial charge in [0.25, 0.3) is 0 Å². The minimum Gasteiger partial charge on any atom is -0.496 e. The zero-order valence-electron chi connectivity index (χ0n) is 15.9. The van der Waals surface area contributed by atoms with Gasteiger partial charge in [-0.3, -0.25) is 9.78 Å². The van der Waals surface area contributed by atoms with Gasteiger partial charge in [-0.25, -0.2) is 0 Å². The van der Waals surface area contributed by atoms with Crippen LogP contribution in [0.2, 0.25) is 0 Å². The number of rotatable bonds is 6. The highest BCUT2D eigenvalue weighted by molar-refractivity contribution is 5.78. The van der Waals surface area contributed by atoms with Crippen LogP contribution in [0.15, 0.2) is 60.8 Å². The largest absolute Gasteiger partial charge is 0.496 e. The summed E-state index contributed by atoms with van der Waals surface area (Å²) >= 11 is 0. The third-order valence-electron chi connectivity index (χ3n) is 4.41. The van der Waals surface area contributed by atoms with Gasteiger partial charge in [0.15, 0.2) is 0 Å². The SMILES string of the molecule is COc1cc(C)ccc1-c1ccc(CC(=O)NCc2ccc(C#N)cc2)nc1. The Kier molecular flexibility index (Phi) is 6.03. The lowest BCUT2D eigenvalue weighted by molar-refractivity contribution is -0.120. The van der Waals surface area contributed by atoms with Gasteiger partial charge in [0, 0.05) is 29.6 Å². The number of carbonyl (C=O) groups is 1. The molecule has 0 radical (unpaired) electrons. The van der Waals surface area contributed by atoms with Gasteiger partial charge in [0.2, 0.25) is 5.91 Å². The predicted molar refractivity (Wildman–Crippen MR) is 108 cm³/mol. The summed E-state index contributed by atoms with van der Waals surface area (Å²) in [5.74, 6) is 0.701. The van der Waals surface area contributed by atoms with E-state index in [1.54, 1.807) is 25.4 Å². The molecule has 5 heteroatoms. The van der Waals surface area contributed by atoms with E-state index in [0.717, 1.165) is 28.0 Å². The molecule has 0 atom stereocenters. The van der Waals surface area contributed by atoms with Crippen LogP contribution in [0.3, 0.4) is 0 Å². The van der Waals surface area contributed by atoms with E-state index in [4.69, 9.17) is 10.00 Å². The number of hydrogen-bond donors (Lipinski definition) is 1. The van der Waals surface area contributed by atoms with Crippen molar-refractivity contribution >= 4 is 5.91 Å². The van der Waals surface area contributed by atoms with Gasteiger partial charge in [-0.2, -0.15) is 5.26 Å². The lowest BCUT2D eigenvalue weighted by Gasteiger charge is -2.10. The number of nitriles is 1. The van der Waals surface area contributed by atoms with Crippen LogP contribution in [0.1, 0.15) is 22.4 Å². The van der Waals surface area contributed by atoms with Gasteiger partial charge < -0.3 is 10.1 Å². The third-order valence-corrected chi connectivity index (χ3v) is 4.41. The molecule has 0 unspecified atom stereocenters. The number of hydrogen-bond acceptors (Lipinski definition) is 4. The van der Waals surface area contributed by atoms with Crippen LogP contribution < -0.4 is 10.1 Å². The fraction of sp³-hybridized carbons (Fsp3) is 0.174. The van der Waals surface area contributed by atoms with Crippen molar-refractivity contribution in [3.05, 3.63) is 83.2 Å². The Morgan fingerprint density at radius 3 is 2.57 bits per heavy atom. The maximum Gasteiger partial charge on any atom is 0.226 e. The first-order chi connectivity index (χ1) is 13.6. The second-order valence-electron chi connectivity index (χ2n) is 6.50. The van der Waals surface area contributed by atoms with E-state index in [9.17, 15) is 4.79 Å². The van der Waals surface area contributed by atoms with Crippen LogP contribution in [0.5, 0.6) is 5.75 Å². The molecule has 0 aliphatic carbocycles. The van der Waals surface area contributed by atoms with Crippen molar-refractivity contribution in [1.82, 2.24) is 10.3 Å². The monoisotopic (exact) mass is 371 g/mol. The number of carbonyl (C=O) groups excluding carboxylic acids is 1. The van der Waals surface area contributed by atoms with Gasteiger partial charge in [0.1, 0.15) is 5.75 Å². The lowest BCUT2D eigenvalue weighted by atomic mass is 10.0. The van der Waals surface area contributed by atoms with Crippen LogP contribution in [-0.4, -0.2) is 18.0 Å². The summed E-state index contributed by atoms with van der Waals surface area (Å²) < 4.78 is 5.45. The number of pyridine rings is 1. The van der Waals surface area contributed by atoms with E-state index < -0.39 is 0 Å². The van der Waals surface area contributed by atoms with Crippen molar-refractivity contribution in [2.45, 2.75) is 19.9 Å². The predicted octanol–water partition coefficient (Wildman–Crippen LogP) is 3.80. The summed E-state index contributed by atoms with van der Waals surface area (Å²) in [5, 5.41) is 11.7. The van der Waals surface area contributed by atoms with E-state index in [2.05, 4.69) is 16.4 Å². The Morgan fingerprint density at radius 1 is 1.14 bits per heavy atom. The van der Waals surface area contributed by atoms with E-state index in [0.29, 0.717) is 17.8 Å². The van der Waals surface area contributed by atoms with Gasteiger partial charge >= 0.3 is 0 Å². The topological polar surface area (TPSA) is 75.0 Å². The molecule has 0 aliphatic heterocycles. The minimum atomic E-state index is -0.0995. The maximum atomic E-state index is 12.2. The molecule has 0 spiro atoms. The Labute approximate surface area is 164 Å². The number of methoxy groups -OCH3 is 1. The molecule has 0 bridgehead atoms. The lowest BCUT2D eigenvalue weighted by Crippen LogP contribution is -2.24. The minimum absolute atomic E-state index is 0.0995. The van der Waals surface area contributed by atoms with Crippen molar-refractivity contribution in [1.29, 1.82) is 5.26 Å². The Bertz CT molecular complexity index is 1000. The molecule has 1 aromatic heterocycles. The molecule has 1 heterocycles. The summed E-state index contributed by atoms with van der Waals surface area (Å²) in [6.45, 7) is 2.44. The summed E-state index contributed by atoms with van der Waals surface area (Å²) in [4.78, 5) is 16.6. The normalized spacial score (nSPS) is 10.2. The van der Waals surface area contributed by atoms with Gasteiger partial charge in [-0.05, 0) is 42.3 Å². The number of benzene rings is 2. The zero-order chi connectivity index (χ0) is 19.9. The van der Waals surface area contributed by atoms with E-state index >= 15 is 0 Å². The van der Waals surface area contributed by atoms with E-state index in [1.807, 2.05) is 49.4 Å². The number of nitrogens with zero attached hydrogens (tertiary/aromatic N) is 2. The molecule has 0 fully saturated rings. The molecule has 28 heavy (non-hydrogen) atoms. The number of aromatic nitrogens is 1. The maximum absolute atomic E-state index is 12.2. The number of amides is 1. The van der Waals surface area contributed by atoms with Crippen molar-refractivity contribution in [3.63, 3.8) is 0 Å². The zero-order valence-corrected chi connectivity index (χ0v) is 15.9. The summed E-state index contributed by atoms with van der Waals surface area (Å²) in [7, 11) is 1.65. The highest BCUT2D eigenvalue weighted by atomic mass is 16.5. The second kappa shape index (κ2) is 8.83. The Balaban J connectivity index is 1.60. The first-order valence-electron chi connectivity index (χ1n) is 8.94. The average molecular weight is 371 g/mol. The van der Waals surface area contributed by atoms with Crippen LogP contribution in [0.4, 0.5) is 0 Å². The van der Waals surface area contributed by atoms with Crippen LogP contribution in [0.25, 0.3) is 11.1 Å². The molecule has 3 rings (SSSR count). The number of aryl methyl sites for hydroxylation is 1. The number of nitrogens with one attached hydrogen (secondary N) is 1. The summed E-state index contributed by atoms with van der Waals surface area (Å²) in [5.41, 5.74) is 5.29. The van der Waals surface area contributed by atoms with Crippen molar-refractivity contribution in [2.24, 2.45) is 0 Å². The molecule has 1 N–H and O–H groups in total. The molecule has 1 amide bonds. The van der Waals surface area contributed by atoms with Gasteiger partial charge in [-0.15, -0.1) is 0 Å². The molecular weight excluding hydrogens is 350 g/mol. The fourth-order valence-corrected chi connectivity index (χ4v) is 2.85. The first-order valence-corrected chi connectivity index (χ1v) is 8.94. The standard InChI is InChI=1S/C23H21N3O2/c1-16-3-10-21(22(11-16)28-2)19-8-9-20(25-15-19)12-23(27)26-14-18-6-4-17(13-24)5-7-18/h3-11,15H,12,14H2,1-2H3,(H,26,27). The smallest absolute Gasteiger partial charge is 0.226 e. The molecule has 5 nitrogen and oxygen atoms in total. The molecule has 0 saturated heterocycles. The van der Waals surface area contributed by atoms with Crippen molar-refractivity contribution in [2.75, 3.05) is 7.11 Å². The Morgan fingerprint density at radius 2 is 1.93 bits per heavy atom. The summed E-state index contributed by atoms with van der Waals surface area (Å²) in [6, 6.07) is 19.0. The second-order valence-corrected chi connectivity index (χ2v) is 6.50. The quantitative estimate of drug-likeness (QED) is 0.715. The van der Waals surface area contributed by atoms with Crippen LogP contribution in [-0.2, 0) is 17.8 Å². The molecule has 3 aromatic rings. The number of ether oxygens (including phenoxy) is 1. The van der Waals surface area contributed by atoms with Gasteiger partial charge in [-0.1, -0.05) is 30.3 Å². The van der Waals surface area contributed by atoms with Crippen LogP contribution >= 0.6 is 0 Å². The molecule has 0 aliphatic rings. The van der Waals surface area contributed by atoms with Crippen molar-refractivity contribution in [3.8, 4) is 22.9 Å². The average Bonchev–Trinajstić information content (AvgIpc) is 2.73. The highest BCUT2D eigenvalue weighted by Gasteiger charge is 2.09. The summed E-state index contributed by atoms with van der Waals surface area (Å²) in [6.07, 6.45) is 1.97. The Hall–Kier alpha value is -3.65. The van der Waals surface area contributed by atoms with E-state index in [-0.39, 0.29) is 12.3 Å². The molecule has 140 valence electrons. The van der Waals surface area contributed by atoms with E-state index in [1.165, 1.54) is 0 Å². The van der Waals surface area contributed by atoms with Crippen LogP contribution in [0, 0.1) is 18.3 Å². The van der Waals surface area contributed by atoms with Gasteiger partial charge in [0.05, 0.1) is 25.2 Å². The first kappa shape index (κ1) is 19.1. The third kappa shape index (κ3) is 4.74. The highest BCUT2D eigenvalue weighted by Crippen LogP contribution is 2.30.